The van der Waals surface area contributed by atoms with Crippen LogP contribution in [-0.2, 0) is 6.54 Å². The number of aliphatic hydroxyl groups excluding tert-OH is 1. The van der Waals surface area contributed by atoms with Crippen LogP contribution in [0.2, 0.25) is 0 Å². The van der Waals surface area contributed by atoms with Gasteiger partial charge in [0, 0.05) is 0 Å². The number of fused-ring (bicyclic) bond motifs is 1. The summed E-state index contributed by atoms with van der Waals surface area (Å²) in [6.45, 7) is -0.588. The van der Waals surface area contributed by atoms with Gasteiger partial charge in [-0.25, -0.2) is 9.59 Å². The molecule has 0 fully saturated rings. The maximum absolute atomic E-state index is 11.7. The van der Waals surface area contributed by atoms with Gasteiger partial charge in [0.25, 0.3) is 5.56 Å². The van der Waals surface area contributed by atoms with Crippen molar-refractivity contribution in [3.05, 3.63) is 31.7 Å². The minimum absolute atomic E-state index is 0.185. The first kappa shape index (κ1) is 10.9. The van der Waals surface area contributed by atoms with Gasteiger partial charge < -0.3 is 5.11 Å². The number of urea groups is 1. The molecule has 1 N–H and O–H groups in total. The van der Waals surface area contributed by atoms with E-state index in [9.17, 15) is 14.4 Å². The molecule has 0 saturated carbocycles. The SMILES string of the molecule is N#Cn1c(=O)c2c(n(CCO)c1=O)=NC(=O)N=2. The van der Waals surface area contributed by atoms with E-state index in [1.807, 2.05) is 0 Å². The summed E-state index contributed by atoms with van der Waals surface area (Å²) in [5.74, 6) is 0. The molecule has 1 aliphatic rings. The molecule has 0 spiro atoms. The molecule has 0 aromatic carbocycles. The van der Waals surface area contributed by atoms with Gasteiger partial charge in [-0.05, 0) is 0 Å². The normalized spacial score (nSPS) is 12.6. The molecule has 1 aliphatic heterocycles. The fourth-order valence-electron chi connectivity index (χ4n) is 1.44. The minimum Gasteiger partial charge on any atom is -0.395 e. The number of hydrogen-bond donors (Lipinski definition) is 1. The highest BCUT2D eigenvalue weighted by atomic mass is 16.3. The van der Waals surface area contributed by atoms with Gasteiger partial charge in [-0.2, -0.15) is 19.8 Å². The lowest BCUT2D eigenvalue weighted by atomic mass is 10.5. The van der Waals surface area contributed by atoms with E-state index < -0.39 is 23.9 Å². The van der Waals surface area contributed by atoms with Crippen molar-refractivity contribution in [1.29, 1.82) is 5.26 Å². The number of carbonyl (C=O) groups excluding carboxylic acids is 1. The first-order valence-electron chi connectivity index (χ1n) is 4.48. The molecule has 86 valence electrons. The summed E-state index contributed by atoms with van der Waals surface area (Å²) >= 11 is 0. The molecule has 0 unspecified atom stereocenters. The van der Waals surface area contributed by atoms with Crippen molar-refractivity contribution in [2.45, 2.75) is 6.54 Å². The van der Waals surface area contributed by atoms with Crippen molar-refractivity contribution in [3.63, 3.8) is 0 Å². The van der Waals surface area contributed by atoms with Crippen molar-refractivity contribution in [2.24, 2.45) is 9.98 Å². The van der Waals surface area contributed by atoms with Crippen LogP contribution >= 0.6 is 0 Å². The van der Waals surface area contributed by atoms with E-state index >= 15 is 0 Å². The van der Waals surface area contributed by atoms with Crippen molar-refractivity contribution in [2.75, 3.05) is 6.61 Å². The zero-order valence-electron chi connectivity index (χ0n) is 8.32. The average Bonchev–Trinajstić information content (AvgIpc) is 2.67. The number of aliphatic hydroxyl groups is 1. The van der Waals surface area contributed by atoms with E-state index in [1.54, 1.807) is 0 Å². The largest absolute Gasteiger partial charge is 0.395 e. The average molecular weight is 235 g/mol. The molecule has 2 amide bonds. The Morgan fingerprint density at radius 2 is 2.00 bits per heavy atom. The maximum Gasteiger partial charge on any atom is 0.369 e. The van der Waals surface area contributed by atoms with Gasteiger partial charge in [-0.15, -0.1) is 0 Å². The lowest BCUT2D eigenvalue weighted by Gasteiger charge is -2.02. The third kappa shape index (κ3) is 1.47. The summed E-state index contributed by atoms with van der Waals surface area (Å²) < 4.78 is 1.11. The molecule has 0 radical (unpaired) electrons. The Balaban J connectivity index is 3.06. The Kier molecular flexibility index (Phi) is 2.41. The molecule has 1 aromatic rings. The van der Waals surface area contributed by atoms with Crippen LogP contribution < -0.4 is 22.1 Å². The van der Waals surface area contributed by atoms with Gasteiger partial charge in [-0.1, -0.05) is 0 Å². The van der Waals surface area contributed by atoms with Crippen molar-refractivity contribution >= 4 is 6.03 Å². The molecule has 9 heteroatoms. The third-order valence-electron chi connectivity index (χ3n) is 2.13. The molecule has 2 rings (SSSR count). The third-order valence-corrected chi connectivity index (χ3v) is 2.13. The number of nitrogens with zero attached hydrogens (tertiary/aromatic N) is 5. The predicted molar refractivity (Wildman–Crippen MR) is 50.8 cm³/mol. The summed E-state index contributed by atoms with van der Waals surface area (Å²) in [7, 11) is 0. The summed E-state index contributed by atoms with van der Waals surface area (Å²) in [6.07, 6.45) is 1.38. The molecule has 0 saturated heterocycles. The lowest BCUT2D eigenvalue weighted by Crippen LogP contribution is -2.56. The van der Waals surface area contributed by atoms with Gasteiger partial charge in [0.2, 0.25) is 0 Å². The molecular formula is C8H5N5O4. The molecular weight excluding hydrogens is 230 g/mol. The standard InChI is InChI=1S/C8H5N5O4/c9-3-13-6(15)4-5(11-7(16)10-4)12(1-2-14)8(13)17/h14H,1-2H2. The van der Waals surface area contributed by atoms with E-state index in [1.165, 1.54) is 6.19 Å². The zero-order valence-corrected chi connectivity index (χ0v) is 8.32. The molecule has 0 atom stereocenters. The van der Waals surface area contributed by atoms with E-state index in [2.05, 4.69) is 9.98 Å². The summed E-state index contributed by atoms with van der Waals surface area (Å²) in [4.78, 5) is 40.9. The first-order chi connectivity index (χ1) is 8.10. The topological polar surface area (TPSA) is 130 Å². The van der Waals surface area contributed by atoms with Crippen LogP contribution in [0.4, 0.5) is 4.79 Å². The molecule has 17 heavy (non-hydrogen) atoms. The van der Waals surface area contributed by atoms with Crippen LogP contribution in [0.3, 0.4) is 0 Å². The highest BCUT2D eigenvalue weighted by Gasteiger charge is 2.17. The smallest absolute Gasteiger partial charge is 0.369 e. The van der Waals surface area contributed by atoms with E-state index in [0.717, 1.165) is 4.57 Å². The van der Waals surface area contributed by atoms with Crippen molar-refractivity contribution in [1.82, 2.24) is 9.13 Å². The Bertz CT molecular complexity index is 778. The molecule has 2 heterocycles. The van der Waals surface area contributed by atoms with E-state index in [4.69, 9.17) is 10.4 Å². The second kappa shape index (κ2) is 3.76. The van der Waals surface area contributed by atoms with Gasteiger partial charge in [-0.3, -0.25) is 9.36 Å². The van der Waals surface area contributed by atoms with E-state index in [0.29, 0.717) is 0 Å². The van der Waals surface area contributed by atoms with E-state index in [-0.39, 0.29) is 22.0 Å². The summed E-state index contributed by atoms with van der Waals surface area (Å²) in [5.41, 5.74) is -2.17. The Morgan fingerprint density at radius 1 is 1.29 bits per heavy atom. The number of nitriles is 1. The molecule has 0 bridgehead atoms. The lowest BCUT2D eigenvalue weighted by molar-refractivity contribution is 0.256. The number of carbonyl (C=O) groups is 1. The maximum atomic E-state index is 11.7. The fourth-order valence-corrected chi connectivity index (χ4v) is 1.44. The highest BCUT2D eigenvalue weighted by Crippen LogP contribution is 1.81. The number of amides is 2. The van der Waals surface area contributed by atoms with Crippen LogP contribution in [0.25, 0.3) is 0 Å². The number of aromatic nitrogens is 2. The van der Waals surface area contributed by atoms with Crippen molar-refractivity contribution in [3.8, 4) is 6.19 Å². The Labute approximate surface area is 92.2 Å². The van der Waals surface area contributed by atoms with Crippen LogP contribution in [-0.4, -0.2) is 26.9 Å². The highest BCUT2D eigenvalue weighted by molar-refractivity contribution is 5.77. The van der Waals surface area contributed by atoms with Crippen molar-refractivity contribution < 1.29 is 9.90 Å². The monoisotopic (exact) mass is 235 g/mol. The predicted octanol–water partition coefficient (Wildman–Crippen LogP) is -3.30. The zero-order chi connectivity index (χ0) is 12.6. The van der Waals surface area contributed by atoms with Crippen LogP contribution in [0, 0.1) is 11.5 Å². The molecule has 9 nitrogen and oxygen atoms in total. The van der Waals surface area contributed by atoms with Gasteiger partial charge in [0.1, 0.15) is 0 Å². The van der Waals surface area contributed by atoms with Crippen LogP contribution in [0.5, 0.6) is 0 Å². The summed E-state index contributed by atoms with van der Waals surface area (Å²) in [5, 5.41) is 17.1. The van der Waals surface area contributed by atoms with Gasteiger partial charge >= 0.3 is 11.7 Å². The second-order valence-electron chi connectivity index (χ2n) is 3.08. The quantitative estimate of drug-likeness (QED) is 0.574. The summed E-state index contributed by atoms with van der Waals surface area (Å²) in [6, 6.07) is -0.918. The van der Waals surface area contributed by atoms with Crippen LogP contribution in [0.15, 0.2) is 19.6 Å². The van der Waals surface area contributed by atoms with Gasteiger partial charge in [0.15, 0.2) is 17.0 Å². The van der Waals surface area contributed by atoms with Gasteiger partial charge in [0.05, 0.1) is 13.2 Å². The molecule has 0 aliphatic carbocycles. The Hall–Kier alpha value is -2.60. The Morgan fingerprint density at radius 3 is 2.59 bits per heavy atom. The number of hydrogen-bond acceptors (Lipinski definition) is 5. The number of rotatable bonds is 2. The first-order valence-corrected chi connectivity index (χ1v) is 4.48. The molecule has 1 aromatic heterocycles. The second-order valence-corrected chi connectivity index (χ2v) is 3.08. The minimum atomic E-state index is -0.990. The fraction of sp³-hybridized carbons (Fsp3) is 0.250. The van der Waals surface area contributed by atoms with Crippen LogP contribution in [0.1, 0.15) is 0 Å².